The van der Waals surface area contributed by atoms with E-state index in [9.17, 15) is 61.0 Å². The Morgan fingerprint density at radius 2 is 1.17 bits per heavy atom. The fourth-order valence-electron chi connectivity index (χ4n) is 4.04. The Bertz CT molecular complexity index is 707. The summed E-state index contributed by atoms with van der Waals surface area (Å²) in [5, 5.41) is 109. The predicted molar refractivity (Wildman–Crippen MR) is 102 cm³/mol. The van der Waals surface area contributed by atoms with Crippen molar-refractivity contribution in [1.29, 1.82) is 0 Å². The zero-order valence-corrected chi connectivity index (χ0v) is 17.9. The van der Waals surface area contributed by atoms with Crippen molar-refractivity contribution in [2.75, 3.05) is 13.2 Å². The first-order chi connectivity index (χ1) is 16.4. The molecule has 17 nitrogen and oxygen atoms in total. The molecule has 1 unspecified atom stereocenters. The van der Waals surface area contributed by atoms with E-state index in [-0.39, 0.29) is 0 Å². The van der Waals surface area contributed by atoms with E-state index in [1.54, 1.807) is 0 Å². The van der Waals surface area contributed by atoms with Crippen molar-refractivity contribution >= 4 is 5.97 Å². The molecule has 11 N–H and O–H groups in total. The number of aliphatic hydroxyl groups is 10. The van der Waals surface area contributed by atoms with E-state index in [1.807, 2.05) is 0 Å². The van der Waals surface area contributed by atoms with Crippen LogP contribution in [0.4, 0.5) is 0 Å². The largest absolute Gasteiger partial charge is 0.479 e. The van der Waals surface area contributed by atoms with Gasteiger partial charge in [0.15, 0.2) is 25.0 Å². The van der Waals surface area contributed by atoms with E-state index in [0.29, 0.717) is 0 Å². The number of hydrogen-bond acceptors (Lipinski definition) is 16. The van der Waals surface area contributed by atoms with E-state index < -0.39 is 111 Å². The van der Waals surface area contributed by atoms with E-state index >= 15 is 0 Å². The van der Waals surface area contributed by atoms with Gasteiger partial charge in [-0.2, -0.15) is 0 Å². The predicted octanol–water partition coefficient (Wildman–Crippen LogP) is -7.48. The van der Waals surface area contributed by atoms with Gasteiger partial charge in [0.2, 0.25) is 0 Å². The summed E-state index contributed by atoms with van der Waals surface area (Å²) >= 11 is 0. The second kappa shape index (κ2) is 11.5. The Hall–Kier alpha value is -1.13. The number of carboxylic acids is 1. The van der Waals surface area contributed by atoms with Gasteiger partial charge >= 0.3 is 5.97 Å². The molecule has 3 rings (SSSR count). The van der Waals surface area contributed by atoms with Gasteiger partial charge in [-0.05, 0) is 0 Å². The van der Waals surface area contributed by atoms with E-state index in [2.05, 4.69) is 0 Å². The number of carboxylic acid groups (broad SMARTS) is 1. The first-order valence-electron chi connectivity index (χ1n) is 10.6. The number of rotatable bonds is 7. The third kappa shape index (κ3) is 5.59. The van der Waals surface area contributed by atoms with Gasteiger partial charge in [-0.15, -0.1) is 0 Å². The Labute approximate surface area is 196 Å². The first-order valence-corrected chi connectivity index (χ1v) is 10.6. The highest BCUT2D eigenvalue weighted by molar-refractivity contribution is 5.73. The van der Waals surface area contributed by atoms with Gasteiger partial charge in [0, 0.05) is 0 Å². The molecule has 0 aromatic heterocycles. The zero-order chi connectivity index (χ0) is 26.2. The van der Waals surface area contributed by atoms with Gasteiger partial charge in [-0.25, -0.2) is 4.79 Å². The van der Waals surface area contributed by atoms with Crippen molar-refractivity contribution in [3.63, 3.8) is 0 Å². The monoisotopic (exact) mass is 518 g/mol. The average molecular weight is 518 g/mol. The molecule has 0 aromatic rings. The molecule has 0 bridgehead atoms. The number of carbonyl (C=O) groups is 1. The van der Waals surface area contributed by atoms with Gasteiger partial charge in [-0.3, -0.25) is 0 Å². The van der Waals surface area contributed by atoms with Gasteiger partial charge < -0.3 is 79.9 Å². The molecule has 15 atom stereocenters. The smallest absolute Gasteiger partial charge is 0.335 e. The highest BCUT2D eigenvalue weighted by atomic mass is 16.7. The van der Waals surface area contributed by atoms with Crippen molar-refractivity contribution in [3.8, 4) is 0 Å². The second-order valence-corrected chi connectivity index (χ2v) is 8.37. The lowest BCUT2D eigenvalue weighted by Crippen LogP contribution is -2.67. The molecule has 0 radical (unpaired) electrons. The molecule has 3 aliphatic rings. The van der Waals surface area contributed by atoms with Crippen LogP contribution in [0.5, 0.6) is 0 Å². The Morgan fingerprint density at radius 3 is 1.74 bits per heavy atom. The number of aliphatic carboxylic acids is 1. The minimum atomic E-state index is -2.11. The van der Waals surface area contributed by atoms with Crippen LogP contribution in [-0.4, -0.2) is 167 Å². The summed E-state index contributed by atoms with van der Waals surface area (Å²) < 4.78 is 25.8. The van der Waals surface area contributed by atoms with E-state index in [0.717, 1.165) is 0 Å². The zero-order valence-electron chi connectivity index (χ0n) is 17.9. The van der Waals surface area contributed by atoms with Gasteiger partial charge in [-0.1, -0.05) is 0 Å². The molecule has 204 valence electrons. The highest BCUT2D eigenvalue weighted by Gasteiger charge is 2.54. The third-order valence-electron chi connectivity index (χ3n) is 6.06. The number of ether oxygens (including phenoxy) is 5. The normalized spacial score (nSPS) is 51.2. The summed E-state index contributed by atoms with van der Waals surface area (Å²) in [5.74, 6) is -1.74. The molecule has 0 aliphatic carbocycles. The molecule has 0 aromatic carbocycles. The summed E-state index contributed by atoms with van der Waals surface area (Å²) in [6.45, 7) is -1.66. The Balaban J connectivity index is 1.82. The van der Waals surface area contributed by atoms with Gasteiger partial charge in [0.1, 0.15) is 67.1 Å². The number of hydrogen-bond donors (Lipinski definition) is 11. The molecule has 3 fully saturated rings. The van der Waals surface area contributed by atoms with Crippen LogP contribution in [0.25, 0.3) is 0 Å². The van der Waals surface area contributed by atoms with Crippen molar-refractivity contribution in [2.24, 2.45) is 0 Å². The standard InChI is InChI=1S/C18H30O17/c19-1-3-5(21)6(22)9(25)17(32-3)34-13-10(26)14(15(28)29)35-18(11(13)27)33-12-4(2-20)31-16(30)8(24)7(12)23/h3-14,16-27,30H,1-2H2,(H,28,29)/t3-,4-,5-,6+,7-,8-,9-,10+,11-,12-,13+,14+,16?,17+,18-/m1/s1. The maximum atomic E-state index is 11.6. The average Bonchev–Trinajstić information content (AvgIpc) is 2.82. The molecular formula is C18H30O17. The molecule has 35 heavy (non-hydrogen) atoms. The molecule has 0 spiro atoms. The van der Waals surface area contributed by atoms with Crippen molar-refractivity contribution in [1.82, 2.24) is 0 Å². The second-order valence-electron chi connectivity index (χ2n) is 8.37. The van der Waals surface area contributed by atoms with Crippen molar-refractivity contribution in [2.45, 2.75) is 92.1 Å². The van der Waals surface area contributed by atoms with Crippen LogP contribution in [-0.2, 0) is 28.5 Å². The fraction of sp³-hybridized carbons (Fsp3) is 0.944. The topological polar surface area (TPSA) is 286 Å². The summed E-state index contributed by atoms with van der Waals surface area (Å²) in [7, 11) is 0. The molecule has 3 saturated heterocycles. The summed E-state index contributed by atoms with van der Waals surface area (Å²) in [6, 6.07) is 0. The van der Waals surface area contributed by atoms with Crippen LogP contribution in [0.2, 0.25) is 0 Å². The molecule has 0 saturated carbocycles. The third-order valence-corrected chi connectivity index (χ3v) is 6.06. The molecule has 3 aliphatic heterocycles. The maximum Gasteiger partial charge on any atom is 0.335 e. The first kappa shape index (κ1) is 28.4. The SMILES string of the molecule is O=C(O)[C@H]1O[C@@H](O[C@H]2[C@H](O)[C@@H](O)C(O)O[C@@H]2CO)[C@H](O)[C@@H](O[C@@H]2O[C@H](CO)[C@@H](O)[C@H](O)[C@H]2O)[C@@H]1O. The Kier molecular flexibility index (Phi) is 9.35. The van der Waals surface area contributed by atoms with Crippen LogP contribution in [0.15, 0.2) is 0 Å². The van der Waals surface area contributed by atoms with Crippen LogP contribution in [0.1, 0.15) is 0 Å². The van der Waals surface area contributed by atoms with E-state index in [1.165, 1.54) is 0 Å². The van der Waals surface area contributed by atoms with Crippen LogP contribution < -0.4 is 0 Å². The lowest BCUT2D eigenvalue weighted by Gasteiger charge is -2.47. The maximum absolute atomic E-state index is 11.6. The molecule has 0 amide bonds. The van der Waals surface area contributed by atoms with E-state index in [4.69, 9.17) is 23.7 Å². The summed E-state index contributed by atoms with van der Waals surface area (Å²) in [6.07, 6.45) is -27.9. The van der Waals surface area contributed by atoms with Gasteiger partial charge in [0.25, 0.3) is 0 Å². The van der Waals surface area contributed by atoms with Gasteiger partial charge in [0.05, 0.1) is 13.2 Å². The molecule has 3 heterocycles. The summed E-state index contributed by atoms with van der Waals surface area (Å²) in [5.41, 5.74) is 0. The molecular weight excluding hydrogens is 488 g/mol. The fourth-order valence-corrected chi connectivity index (χ4v) is 4.04. The van der Waals surface area contributed by atoms with Crippen LogP contribution in [0, 0.1) is 0 Å². The number of aliphatic hydroxyl groups excluding tert-OH is 10. The minimum absolute atomic E-state index is 0.816. The highest BCUT2D eigenvalue weighted by Crippen LogP contribution is 2.32. The van der Waals surface area contributed by atoms with Crippen LogP contribution >= 0.6 is 0 Å². The Morgan fingerprint density at radius 1 is 0.600 bits per heavy atom. The lowest BCUT2D eigenvalue weighted by molar-refractivity contribution is -0.375. The van der Waals surface area contributed by atoms with Crippen molar-refractivity contribution < 1.29 is 84.7 Å². The minimum Gasteiger partial charge on any atom is -0.479 e. The lowest BCUT2D eigenvalue weighted by atomic mass is 9.96. The quantitative estimate of drug-likeness (QED) is 0.149. The van der Waals surface area contributed by atoms with Crippen molar-refractivity contribution in [3.05, 3.63) is 0 Å². The molecule has 17 heteroatoms. The van der Waals surface area contributed by atoms with Crippen LogP contribution in [0.3, 0.4) is 0 Å². The summed E-state index contributed by atoms with van der Waals surface area (Å²) in [4.78, 5) is 11.6.